The molecule has 0 spiro atoms. The van der Waals surface area contributed by atoms with Crippen LogP contribution in [0.4, 0.5) is 0 Å². The number of halogens is 1. The number of esters is 1. The van der Waals surface area contributed by atoms with E-state index in [0.717, 1.165) is 0 Å². The predicted molar refractivity (Wildman–Crippen MR) is 54.9 cm³/mol. The summed E-state index contributed by atoms with van der Waals surface area (Å²) < 4.78 is 7.00. The lowest BCUT2D eigenvalue weighted by atomic mass is 10.4. The van der Waals surface area contributed by atoms with Gasteiger partial charge in [0.1, 0.15) is 10.3 Å². The highest BCUT2D eigenvalue weighted by atomic mass is 79.9. The average molecular weight is 262 g/mol. The number of nitrogens with two attached hydrogens (primary N) is 1. The number of carbonyl (C=O) groups is 1. The second-order valence-electron chi connectivity index (χ2n) is 2.58. The van der Waals surface area contributed by atoms with Gasteiger partial charge in [-0.2, -0.15) is 5.10 Å². The van der Waals surface area contributed by atoms with E-state index in [9.17, 15) is 4.79 Å². The lowest BCUT2D eigenvalue weighted by Gasteiger charge is -2.04. The van der Waals surface area contributed by atoms with Crippen LogP contribution in [-0.4, -0.2) is 28.9 Å². The molecule has 0 aromatic carbocycles. The lowest BCUT2D eigenvalue weighted by molar-refractivity contribution is 0.0512. The van der Waals surface area contributed by atoms with E-state index in [1.807, 2.05) is 0 Å². The smallest absolute Gasteiger partial charge is 0.356 e. The number of aromatic nitrogens is 2. The first-order valence-electron chi connectivity index (χ1n) is 4.29. The molecule has 2 N–H and O–H groups in total. The highest BCUT2D eigenvalue weighted by molar-refractivity contribution is 9.10. The summed E-state index contributed by atoms with van der Waals surface area (Å²) in [6, 6.07) is 1.62. The summed E-state index contributed by atoms with van der Waals surface area (Å²) in [4.78, 5) is 11.4. The van der Waals surface area contributed by atoms with E-state index in [4.69, 9.17) is 10.5 Å². The highest BCUT2D eigenvalue weighted by Gasteiger charge is 2.14. The molecule has 0 saturated heterocycles. The van der Waals surface area contributed by atoms with Crippen LogP contribution >= 0.6 is 15.9 Å². The minimum Gasteiger partial charge on any atom is -0.461 e. The van der Waals surface area contributed by atoms with Crippen molar-refractivity contribution in [2.45, 2.75) is 13.5 Å². The van der Waals surface area contributed by atoms with Crippen LogP contribution in [-0.2, 0) is 11.3 Å². The largest absolute Gasteiger partial charge is 0.461 e. The second kappa shape index (κ2) is 5.11. The van der Waals surface area contributed by atoms with Gasteiger partial charge in [0.05, 0.1) is 13.2 Å². The third-order valence-corrected chi connectivity index (χ3v) is 1.96. The number of rotatable bonds is 4. The van der Waals surface area contributed by atoms with Crippen LogP contribution in [0.2, 0.25) is 0 Å². The Bertz CT molecular complexity index is 324. The Morgan fingerprint density at radius 3 is 3.07 bits per heavy atom. The standard InChI is InChI=1S/C8H12BrN3O2/c1-2-14-8(13)6-5-7(9)11-12(6)4-3-10/h5H,2-4,10H2,1H3. The first kappa shape index (κ1) is 11.2. The van der Waals surface area contributed by atoms with E-state index in [1.165, 1.54) is 4.68 Å². The Labute approximate surface area is 90.3 Å². The third-order valence-electron chi connectivity index (χ3n) is 1.58. The van der Waals surface area contributed by atoms with Crippen LogP contribution in [0.1, 0.15) is 17.4 Å². The molecule has 0 saturated carbocycles. The Kier molecular flexibility index (Phi) is 4.09. The van der Waals surface area contributed by atoms with Crippen LogP contribution in [0.25, 0.3) is 0 Å². The van der Waals surface area contributed by atoms with Gasteiger partial charge in [0, 0.05) is 12.6 Å². The zero-order chi connectivity index (χ0) is 10.6. The van der Waals surface area contributed by atoms with Gasteiger partial charge in [-0.25, -0.2) is 4.79 Å². The first-order chi connectivity index (χ1) is 6.69. The molecular formula is C8H12BrN3O2. The normalized spacial score (nSPS) is 10.2. The number of carbonyl (C=O) groups excluding carboxylic acids is 1. The minimum absolute atomic E-state index is 0.351. The second-order valence-corrected chi connectivity index (χ2v) is 3.40. The Morgan fingerprint density at radius 2 is 2.50 bits per heavy atom. The molecule has 5 nitrogen and oxygen atoms in total. The van der Waals surface area contributed by atoms with Crippen molar-refractivity contribution in [3.05, 3.63) is 16.4 Å². The molecule has 0 amide bonds. The van der Waals surface area contributed by atoms with Gasteiger partial charge in [0.2, 0.25) is 0 Å². The maximum Gasteiger partial charge on any atom is 0.356 e. The van der Waals surface area contributed by atoms with Gasteiger partial charge in [0.15, 0.2) is 0 Å². The van der Waals surface area contributed by atoms with Gasteiger partial charge >= 0.3 is 5.97 Å². The molecule has 0 unspecified atom stereocenters. The fourth-order valence-corrected chi connectivity index (χ4v) is 1.46. The summed E-state index contributed by atoms with van der Waals surface area (Å²) >= 11 is 3.19. The molecular weight excluding hydrogens is 250 g/mol. The highest BCUT2D eigenvalue weighted by Crippen LogP contribution is 2.11. The third kappa shape index (κ3) is 2.55. The summed E-state index contributed by atoms with van der Waals surface area (Å²) in [6.45, 7) is 3.04. The van der Waals surface area contributed by atoms with Crippen LogP contribution < -0.4 is 5.73 Å². The van der Waals surface area contributed by atoms with Crippen LogP contribution in [0, 0.1) is 0 Å². The molecule has 0 aliphatic carbocycles. The van der Waals surface area contributed by atoms with Gasteiger partial charge in [-0.3, -0.25) is 4.68 Å². The lowest BCUT2D eigenvalue weighted by Crippen LogP contribution is -2.17. The molecule has 1 heterocycles. The molecule has 1 aromatic heterocycles. The maximum absolute atomic E-state index is 11.4. The molecule has 1 aromatic rings. The van der Waals surface area contributed by atoms with E-state index in [0.29, 0.717) is 30.0 Å². The zero-order valence-electron chi connectivity index (χ0n) is 7.86. The van der Waals surface area contributed by atoms with Crippen molar-refractivity contribution in [1.82, 2.24) is 9.78 Å². The van der Waals surface area contributed by atoms with E-state index in [1.54, 1.807) is 13.0 Å². The fraction of sp³-hybridized carbons (Fsp3) is 0.500. The molecule has 0 aliphatic rings. The van der Waals surface area contributed by atoms with E-state index >= 15 is 0 Å². The van der Waals surface area contributed by atoms with Gasteiger partial charge in [-0.15, -0.1) is 0 Å². The summed E-state index contributed by atoms with van der Waals surface area (Å²) in [5.74, 6) is -0.376. The minimum atomic E-state index is -0.376. The van der Waals surface area contributed by atoms with Crippen molar-refractivity contribution < 1.29 is 9.53 Å². The van der Waals surface area contributed by atoms with Crippen molar-refractivity contribution >= 4 is 21.9 Å². The van der Waals surface area contributed by atoms with Crippen LogP contribution in [0.3, 0.4) is 0 Å². The SMILES string of the molecule is CCOC(=O)c1cc(Br)nn1CCN. The van der Waals surface area contributed by atoms with E-state index in [2.05, 4.69) is 21.0 Å². The molecule has 0 aliphatic heterocycles. The number of hydrogen-bond donors (Lipinski definition) is 1. The molecule has 14 heavy (non-hydrogen) atoms. The summed E-state index contributed by atoms with van der Waals surface area (Å²) in [5, 5.41) is 4.06. The van der Waals surface area contributed by atoms with Gasteiger partial charge < -0.3 is 10.5 Å². The summed E-state index contributed by atoms with van der Waals surface area (Å²) in [7, 11) is 0. The van der Waals surface area contributed by atoms with Crippen molar-refractivity contribution in [3.63, 3.8) is 0 Å². The zero-order valence-corrected chi connectivity index (χ0v) is 9.45. The van der Waals surface area contributed by atoms with Crippen LogP contribution in [0.5, 0.6) is 0 Å². The monoisotopic (exact) mass is 261 g/mol. The molecule has 78 valence electrons. The van der Waals surface area contributed by atoms with Gasteiger partial charge in [-0.05, 0) is 22.9 Å². The Balaban J connectivity index is 2.88. The van der Waals surface area contributed by atoms with E-state index in [-0.39, 0.29) is 5.97 Å². The van der Waals surface area contributed by atoms with Crippen molar-refractivity contribution in [2.75, 3.05) is 13.2 Å². The van der Waals surface area contributed by atoms with E-state index < -0.39 is 0 Å². The molecule has 0 radical (unpaired) electrons. The molecule has 0 atom stereocenters. The summed E-state index contributed by atoms with van der Waals surface area (Å²) in [5.41, 5.74) is 5.81. The fourth-order valence-electron chi connectivity index (χ4n) is 1.05. The van der Waals surface area contributed by atoms with Gasteiger partial charge in [-0.1, -0.05) is 0 Å². The maximum atomic E-state index is 11.4. The topological polar surface area (TPSA) is 70.1 Å². The summed E-state index contributed by atoms with van der Waals surface area (Å²) in [6.07, 6.45) is 0. The van der Waals surface area contributed by atoms with Crippen molar-refractivity contribution in [2.24, 2.45) is 5.73 Å². The number of hydrogen-bond acceptors (Lipinski definition) is 4. The predicted octanol–water partition coefficient (Wildman–Crippen LogP) is 0.781. The Hall–Kier alpha value is -0.880. The number of ether oxygens (including phenoxy) is 1. The number of nitrogens with zero attached hydrogens (tertiary/aromatic N) is 2. The average Bonchev–Trinajstić information content (AvgIpc) is 2.48. The molecule has 6 heteroatoms. The molecule has 0 fully saturated rings. The Morgan fingerprint density at radius 1 is 1.79 bits per heavy atom. The van der Waals surface area contributed by atoms with Crippen LogP contribution in [0.15, 0.2) is 10.7 Å². The first-order valence-corrected chi connectivity index (χ1v) is 5.09. The van der Waals surface area contributed by atoms with Crippen molar-refractivity contribution in [1.29, 1.82) is 0 Å². The van der Waals surface area contributed by atoms with Crippen molar-refractivity contribution in [3.8, 4) is 0 Å². The van der Waals surface area contributed by atoms with Gasteiger partial charge in [0.25, 0.3) is 0 Å². The molecule has 1 rings (SSSR count). The molecule has 0 bridgehead atoms. The quantitative estimate of drug-likeness (QED) is 0.814.